The van der Waals surface area contributed by atoms with E-state index < -0.39 is 17.5 Å². The summed E-state index contributed by atoms with van der Waals surface area (Å²) in [5.74, 6) is -0.480. The summed E-state index contributed by atoms with van der Waals surface area (Å²) in [6.45, 7) is 0. The summed E-state index contributed by atoms with van der Waals surface area (Å²) >= 11 is 11.7. The van der Waals surface area contributed by atoms with Crippen LogP contribution < -0.4 is 0 Å². The summed E-state index contributed by atoms with van der Waals surface area (Å²) in [4.78, 5) is 12.2. The molecule has 0 N–H and O–H groups in total. The third-order valence-corrected chi connectivity index (χ3v) is 3.21. The molecule has 0 atom stereocenters. The topological polar surface area (TPSA) is 17.1 Å². The first-order chi connectivity index (χ1) is 9.29. The van der Waals surface area contributed by atoms with Gasteiger partial charge in [-0.05, 0) is 30.3 Å². The molecule has 0 saturated carbocycles. The zero-order chi connectivity index (χ0) is 14.9. The van der Waals surface area contributed by atoms with Crippen molar-refractivity contribution in [1.82, 2.24) is 0 Å². The molecule has 0 unspecified atom stereocenters. The molecule has 1 nitrogen and oxygen atoms in total. The van der Waals surface area contributed by atoms with E-state index in [1.807, 2.05) is 0 Å². The molecule has 2 rings (SSSR count). The van der Waals surface area contributed by atoms with Crippen LogP contribution in [-0.2, 0) is 6.18 Å². The molecule has 2 aromatic carbocycles. The molecule has 0 heterocycles. The maximum absolute atomic E-state index is 12.4. The lowest BCUT2D eigenvalue weighted by Gasteiger charge is -2.08. The van der Waals surface area contributed by atoms with E-state index in [2.05, 4.69) is 0 Å². The van der Waals surface area contributed by atoms with E-state index in [1.54, 1.807) is 0 Å². The molecular weight excluding hydrogens is 312 g/mol. The average Bonchev–Trinajstić information content (AvgIpc) is 2.40. The fourth-order valence-electron chi connectivity index (χ4n) is 1.64. The number of carbonyl (C=O) groups is 1. The summed E-state index contributed by atoms with van der Waals surface area (Å²) in [5, 5.41) is 0.518. The standard InChI is InChI=1S/C14H7Cl2F3O/c15-10-5-6-12(16)11(7-10)13(20)8-1-3-9(4-2-8)14(17,18)19/h1-7H. The molecular formula is C14H7Cl2F3O. The minimum Gasteiger partial charge on any atom is -0.289 e. The molecule has 104 valence electrons. The van der Waals surface area contributed by atoms with Gasteiger partial charge in [-0.15, -0.1) is 0 Å². The number of hydrogen-bond acceptors (Lipinski definition) is 1. The third kappa shape index (κ3) is 3.14. The number of rotatable bonds is 2. The summed E-state index contributed by atoms with van der Waals surface area (Å²) in [6, 6.07) is 8.29. The largest absolute Gasteiger partial charge is 0.416 e. The van der Waals surface area contributed by atoms with Gasteiger partial charge in [0.1, 0.15) is 0 Å². The van der Waals surface area contributed by atoms with E-state index in [-0.39, 0.29) is 16.1 Å². The van der Waals surface area contributed by atoms with Crippen LogP contribution in [-0.4, -0.2) is 5.78 Å². The van der Waals surface area contributed by atoms with Gasteiger partial charge in [0.15, 0.2) is 5.78 Å². The molecule has 0 saturated heterocycles. The fourth-order valence-corrected chi connectivity index (χ4v) is 2.01. The van der Waals surface area contributed by atoms with Crippen molar-refractivity contribution in [2.24, 2.45) is 0 Å². The average molecular weight is 319 g/mol. The fraction of sp³-hybridized carbons (Fsp3) is 0.0714. The van der Waals surface area contributed by atoms with Crippen LogP contribution in [0, 0.1) is 0 Å². The van der Waals surface area contributed by atoms with E-state index >= 15 is 0 Å². The lowest BCUT2D eigenvalue weighted by Crippen LogP contribution is -2.07. The van der Waals surface area contributed by atoms with Crippen molar-refractivity contribution in [1.29, 1.82) is 0 Å². The van der Waals surface area contributed by atoms with Crippen molar-refractivity contribution in [3.63, 3.8) is 0 Å². The first-order valence-electron chi connectivity index (χ1n) is 5.46. The summed E-state index contributed by atoms with van der Waals surface area (Å²) in [6.07, 6.45) is -4.44. The molecule has 2 aromatic rings. The molecule has 0 radical (unpaired) electrons. The highest BCUT2D eigenvalue weighted by Gasteiger charge is 2.30. The number of carbonyl (C=O) groups excluding carboxylic acids is 1. The lowest BCUT2D eigenvalue weighted by molar-refractivity contribution is -0.137. The summed E-state index contributed by atoms with van der Waals surface area (Å²) in [7, 11) is 0. The zero-order valence-electron chi connectivity index (χ0n) is 9.84. The van der Waals surface area contributed by atoms with E-state index in [9.17, 15) is 18.0 Å². The first-order valence-corrected chi connectivity index (χ1v) is 6.21. The van der Waals surface area contributed by atoms with E-state index in [1.165, 1.54) is 18.2 Å². The van der Waals surface area contributed by atoms with Gasteiger partial charge >= 0.3 is 6.18 Å². The van der Waals surface area contributed by atoms with Gasteiger partial charge in [-0.3, -0.25) is 4.79 Å². The summed E-state index contributed by atoms with van der Waals surface area (Å²) < 4.78 is 37.3. The van der Waals surface area contributed by atoms with Crippen LogP contribution in [0.5, 0.6) is 0 Å². The Morgan fingerprint density at radius 3 is 2.10 bits per heavy atom. The van der Waals surface area contributed by atoms with Crippen molar-refractivity contribution in [3.05, 3.63) is 69.2 Å². The van der Waals surface area contributed by atoms with Gasteiger partial charge in [0.05, 0.1) is 10.6 Å². The van der Waals surface area contributed by atoms with Crippen molar-refractivity contribution >= 4 is 29.0 Å². The maximum atomic E-state index is 12.4. The molecule has 0 fully saturated rings. The highest BCUT2D eigenvalue weighted by molar-refractivity contribution is 6.36. The highest BCUT2D eigenvalue weighted by atomic mass is 35.5. The van der Waals surface area contributed by atoms with Crippen molar-refractivity contribution in [2.75, 3.05) is 0 Å². The van der Waals surface area contributed by atoms with Crippen LogP contribution >= 0.6 is 23.2 Å². The second kappa shape index (κ2) is 5.46. The van der Waals surface area contributed by atoms with Gasteiger partial charge in [0.25, 0.3) is 0 Å². The predicted molar refractivity (Wildman–Crippen MR) is 71.3 cm³/mol. The van der Waals surface area contributed by atoms with Crippen molar-refractivity contribution < 1.29 is 18.0 Å². The quantitative estimate of drug-likeness (QED) is 0.692. The van der Waals surface area contributed by atoms with E-state index in [0.717, 1.165) is 24.3 Å². The molecule has 0 amide bonds. The van der Waals surface area contributed by atoms with Crippen molar-refractivity contribution in [3.8, 4) is 0 Å². The Balaban J connectivity index is 2.37. The van der Waals surface area contributed by atoms with E-state index in [4.69, 9.17) is 23.2 Å². The van der Waals surface area contributed by atoms with Crippen LogP contribution in [0.25, 0.3) is 0 Å². The van der Waals surface area contributed by atoms with E-state index in [0.29, 0.717) is 5.02 Å². The van der Waals surface area contributed by atoms with Crippen LogP contribution in [0.15, 0.2) is 42.5 Å². The first kappa shape index (κ1) is 14.9. The number of hydrogen-bond donors (Lipinski definition) is 0. The van der Waals surface area contributed by atoms with Crippen molar-refractivity contribution in [2.45, 2.75) is 6.18 Å². The Bertz CT molecular complexity index is 648. The molecule has 0 aliphatic carbocycles. The smallest absolute Gasteiger partial charge is 0.289 e. The Morgan fingerprint density at radius 2 is 1.55 bits per heavy atom. The number of benzene rings is 2. The van der Waals surface area contributed by atoms with Gasteiger partial charge in [0, 0.05) is 16.1 Å². The Hall–Kier alpha value is -1.52. The minimum atomic E-state index is -4.44. The SMILES string of the molecule is O=C(c1ccc(C(F)(F)F)cc1)c1cc(Cl)ccc1Cl. The monoisotopic (exact) mass is 318 g/mol. The highest BCUT2D eigenvalue weighted by Crippen LogP contribution is 2.30. The lowest BCUT2D eigenvalue weighted by atomic mass is 10.0. The summed E-state index contributed by atoms with van der Waals surface area (Å²) in [5.41, 5.74) is -0.549. The number of alkyl halides is 3. The number of ketones is 1. The minimum absolute atomic E-state index is 0.113. The Labute approximate surface area is 122 Å². The molecule has 0 spiro atoms. The molecule has 6 heteroatoms. The zero-order valence-corrected chi connectivity index (χ0v) is 11.4. The molecule has 0 bridgehead atoms. The molecule has 20 heavy (non-hydrogen) atoms. The van der Waals surface area contributed by atoms with Gasteiger partial charge in [-0.1, -0.05) is 35.3 Å². The predicted octanol–water partition coefficient (Wildman–Crippen LogP) is 5.24. The molecule has 0 aliphatic rings. The third-order valence-electron chi connectivity index (χ3n) is 2.65. The van der Waals surface area contributed by atoms with Crippen LogP contribution in [0.4, 0.5) is 13.2 Å². The van der Waals surface area contributed by atoms with Crippen LogP contribution in [0.1, 0.15) is 21.5 Å². The molecule has 0 aromatic heterocycles. The number of halogens is 5. The van der Waals surface area contributed by atoms with Crippen LogP contribution in [0.3, 0.4) is 0 Å². The van der Waals surface area contributed by atoms with Gasteiger partial charge < -0.3 is 0 Å². The van der Waals surface area contributed by atoms with Gasteiger partial charge in [-0.2, -0.15) is 13.2 Å². The van der Waals surface area contributed by atoms with Gasteiger partial charge in [-0.25, -0.2) is 0 Å². The maximum Gasteiger partial charge on any atom is 0.416 e. The second-order valence-electron chi connectivity index (χ2n) is 4.03. The second-order valence-corrected chi connectivity index (χ2v) is 4.87. The normalized spacial score (nSPS) is 11.4. The Kier molecular flexibility index (Phi) is 4.06. The van der Waals surface area contributed by atoms with Crippen LogP contribution in [0.2, 0.25) is 10.0 Å². The van der Waals surface area contributed by atoms with Gasteiger partial charge in [0.2, 0.25) is 0 Å². The Morgan fingerprint density at radius 1 is 0.950 bits per heavy atom. The molecule has 0 aliphatic heterocycles.